The number of urea groups is 1. The zero-order valence-corrected chi connectivity index (χ0v) is 15.4. The van der Waals surface area contributed by atoms with E-state index in [2.05, 4.69) is 10.3 Å². The average Bonchev–Trinajstić information content (AvgIpc) is 3.05. The van der Waals surface area contributed by atoms with Crippen molar-refractivity contribution >= 4 is 34.6 Å². The number of halogens is 2. The highest BCUT2D eigenvalue weighted by molar-refractivity contribution is 6.32. The molecule has 1 saturated heterocycles. The first kappa shape index (κ1) is 17.5. The number of imide groups is 1. The van der Waals surface area contributed by atoms with E-state index in [1.807, 2.05) is 35.9 Å². The van der Waals surface area contributed by atoms with Gasteiger partial charge < -0.3 is 9.88 Å². The highest BCUT2D eigenvalue weighted by Gasteiger charge is 2.50. The first-order chi connectivity index (χ1) is 12.8. The molecule has 6 nitrogen and oxygen atoms in total. The van der Waals surface area contributed by atoms with Gasteiger partial charge in [0.2, 0.25) is 0 Å². The highest BCUT2D eigenvalue weighted by atomic mass is 35.5. The summed E-state index contributed by atoms with van der Waals surface area (Å²) >= 11 is 6.12. The number of aromatic nitrogens is 2. The van der Waals surface area contributed by atoms with Crippen molar-refractivity contribution in [1.82, 2.24) is 19.8 Å². The molecule has 1 unspecified atom stereocenters. The molecule has 0 bridgehead atoms. The van der Waals surface area contributed by atoms with E-state index in [9.17, 15) is 14.0 Å². The number of benzene rings is 2. The Morgan fingerprint density at radius 2 is 1.96 bits per heavy atom. The standard InChI is InChI=1S/C19H16ClFN4O2/c1-19(12-8-7-11(21)9-13(12)20)17(26)25(18(27)23-19)10-16-22-14-5-3-4-6-15(14)24(16)2/h3-9H,10H2,1-2H3,(H,23,27). The van der Waals surface area contributed by atoms with Crippen molar-refractivity contribution < 1.29 is 14.0 Å². The minimum absolute atomic E-state index is 0.0181. The number of carbonyl (C=O) groups is 2. The molecule has 3 amide bonds. The van der Waals surface area contributed by atoms with Crippen LogP contribution < -0.4 is 5.32 Å². The Balaban J connectivity index is 1.69. The summed E-state index contributed by atoms with van der Waals surface area (Å²) in [6.45, 7) is 1.57. The van der Waals surface area contributed by atoms with Gasteiger partial charge in [0.05, 0.1) is 17.6 Å². The number of hydrogen-bond acceptors (Lipinski definition) is 3. The van der Waals surface area contributed by atoms with Crippen molar-refractivity contribution in [1.29, 1.82) is 0 Å². The van der Waals surface area contributed by atoms with Crippen LogP contribution in [0.3, 0.4) is 0 Å². The van der Waals surface area contributed by atoms with Crippen LogP contribution in [0, 0.1) is 5.82 Å². The Bertz CT molecular complexity index is 1100. The number of nitrogens with one attached hydrogen (secondary N) is 1. The Morgan fingerprint density at radius 1 is 1.22 bits per heavy atom. The zero-order chi connectivity index (χ0) is 19.3. The molecule has 8 heteroatoms. The summed E-state index contributed by atoms with van der Waals surface area (Å²) in [6.07, 6.45) is 0. The van der Waals surface area contributed by atoms with Gasteiger partial charge in [0.25, 0.3) is 5.91 Å². The number of rotatable bonds is 3. The van der Waals surface area contributed by atoms with Gasteiger partial charge in [-0.3, -0.25) is 9.69 Å². The van der Waals surface area contributed by atoms with E-state index in [1.165, 1.54) is 12.1 Å². The Morgan fingerprint density at radius 3 is 2.67 bits per heavy atom. The van der Waals surface area contributed by atoms with Gasteiger partial charge in [-0.1, -0.05) is 29.8 Å². The number of aryl methyl sites for hydroxylation is 1. The number of imidazole rings is 1. The lowest BCUT2D eigenvalue weighted by atomic mass is 9.92. The second-order valence-corrected chi connectivity index (χ2v) is 7.05. The highest BCUT2D eigenvalue weighted by Crippen LogP contribution is 2.34. The second-order valence-electron chi connectivity index (χ2n) is 6.65. The van der Waals surface area contributed by atoms with Gasteiger partial charge in [-0.25, -0.2) is 14.2 Å². The van der Waals surface area contributed by atoms with Crippen LogP contribution in [0.5, 0.6) is 0 Å². The lowest BCUT2D eigenvalue weighted by Crippen LogP contribution is -2.41. The first-order valence-electron chi connectivity index (χ1n) is 8.31. The monoisotopic (exact) mass is 386 g/mol. The Labute approximate surface area is 159 Å². The number of hydrogen-bond donors (Lipinski definition) is 1. The molecule has 0 aliphatic carbocycles. The molecule has 1 fully saturated rings. The summed E-state index contributed by atoms with van der Waals surface area (Å²) in [6, 6.07) is 10.8. The van der Waals surface area contributed by atoms with Gasteiger partial charge >= 0.3 is 6.03 Å². The van der Waals surface area contributed by atoms with Crippen LogP contribution in [0.15, 0.2) is 42.5 Å². The van der Waals surface area contributed by atoms with Crippen LogP contribution in [0.1, 0.15) is 18.3 Å². The lowest BCUT2D eigenvalue weighted by molar-refractivity contribution is -0.131. The minimum Gasteiger partial charge on any atom is -0.330 e. The van der Waals surface area contributed by atoms with Crippen molar-refractivity contribution in [2.75, 3.05) is 0 Å². The van der Waals surface area contributed by atoms with Crippen molar-refractivity contribution in [3.8, 4) is 0 Å². The van der Waals surface area contributed by atoms with Crippen molar-refractivity contribution in [2.24, 2.45) is 7.05 Å². The summed E-state index contributed by atoms with van der Waals surface area (Å²) < 4.78 is 15.2. The van der Waals surface area contributed by atoms with E-state index in [0.29, 0.717) is 11.4 Å². The van der Waals surface area contributed by atoms with E-state index in [1.54, 1.807) is 6.92 Å². The van der Waals surface area contributed by atoms with Gasteiger partial charge in [0, 0.05) is 17.6 Å². The Kier molecular flexibility index (Phi) is 3.92. The van der Waals surface area contributed by atoms with E-state index >= 15 is 0 Å². The lowest BCUT2D eigenvalue weighted by Gasteiger charge is -2.23. The summed E-state index contributed by atoms with van der Waals surface area (Å²) in [5.74, 6) is -0.400. The Hall–Kier alpha value is -2.93. The maximum atomic E-state index is 13.4. The van der Waals surface area contributed by atoms with Crippen LogP contribution in [-0.2, 0) is 23.9 Å². The normalized spacial score (nSPS) is 19.8. The fourth-order valence-corrected chi connectivity index (χ4v) is 3.75. The molecule has 0 spiro atoms. The SMILES string of the molecule is Cn1c(CN2C(=O)NC(C)(c3ccc(F)cc3Cl)C2=O)nc2ccccc21. The maximum Gasteiger partial charge on any atom is 0.325 e. The molecule has 3 aromatic rings. The molecular formula is C19H16ClFN4O2. The third kappa shape index (κ3) is 2.66. The van der Waals surface area contributed by atoms with Crippen LogP contribution in [0.2, 0.25) is 5.02 Å². The molecule has 0 radical (unpaired) electrons. The molecule has 0 saturated carbocycles. The van der Waals surface area contributed by atoms with E-state index in [4.69, 9.17) is 11.6 Å². The van der Waals surface area contributed by atoms with Crippen LogP contribution >= 0.6 is 11.6 Å². The zero-order valence-electron chi connectivity index (χ0n) is 14.7. The van der Waals surface area contributed by atoms with Crippen LogP contribution in [0.25, 0.3) is 11.0 Å². The molecule has 1 aliphatic rings. The number of carbonyl (C=O) groups excluding carboxylic acids is 2. The predicted molar refractivity (Wildman–Crippen MR) is 98.6 cm³/mol. The third-order valence-corrected chi connectivity index (χ3v) is 5.24. The van der Waals surface area contributed by atoms with E-state index < -0.39 is 23.3 Å². The van der Waals surface area contributed by atoms with Gasteiger partial charge in [-0.15, -0.1) is 0 Å². The largest absolute Gasteiger partial charge is 0.330 e. The van der Waals surface area contributed by atoms with E-state index in [0.717, 1.165) is 22.0 Å². The van der Waals surface area contributed by atoms with Gasteiger partial charge in [0.15, 0.2) is 0 Å². The van der Waals surface area contributed by atoms with Crippen molar-refractivity contribution in [2.45, 2.75) is 19.0 Å². The molecule has 1 aliphatic heterocycles. The quantitative estimate of drug-likeness (QED) is 0.702. The summed E-state index contributed by atoms with van der Waals surface area (Å²) in [7, 11) is 1.83. The summed E-state index contributed by atoms with van der Waals surface area (Å²) in [5.41, 5.74) is 0.665. The smallest absolute Gasteiger partial charge is 0.325 e. The molecule has 1 aromatic heterocycles. The molecule has 4 rings (SSSR count). The molecule has 1 atom stereocenters. The summed E-state index contributed by atoms with van der Waals surface area (Å²) in [5, 5.41) is 2.75. The van der Waals surface area contributed by atoms with Crippen molar-refractivity contribution in [3.63, 3.8) is 0 Å². The number of fused-ring (bicyclic) bond motifs is 1. The maximum absolute atomic E-state index is 13.4. The molecule has 138 valence electrons. The fraction of sp³-hybridized carbons (Fsp3) is 0.211. The fourth-order valence-electron chi connectivity index (χ4n) is 3.40. The van der Waals surface area contributed by atoms with Gasteiger partial charge in [-0.2, -0.15) is 0 Å². The van der Waals surface area contributed by atoms with Crippen molar-refractivity contribution in [3.05, 3.63) is 64.7 Å². The van der Waals surface area contributed by atoms with Crippen LogP contribution in [0.4, 0.5) is 9.18 Å². The summed E-state index contributed by atoms with van der Waals surface area (Å²) in [4.78, 5) is 31.2. The third-order valence-electron chi connectivity index (χ3n) is 4.92. The number of amides is 3. The number of nitrogens with zero attached hydrogens (tertiary/aromatic N) is 3. The van der Waals surface area contributed by atoms with E-state index in [-0.39, 0.29) is 11.6 Å². The average molecular weight is 387 g/mol. The molecule has 27 heavy (non-hydrogen) atoms. The molecule has 2 aromatic carbocycles. The topological polar surface area (TPSA) is 67.2 Å². The first-order valence-corrected chi connectivity index (χ1v) is 8.69. The second kappa shape index (κ2) is 6.06. The molecule has 1 N–H and O–H groups in total. The number of para-hydroxylation sites is 2. The molecular weight excluding hydrogens is 371 g/mol. The van der Waals surface area contributed by atoms with Gasteiger partial charge in [-0.05, 0) is 31.2 Å². The molecule has 2 heterocycles. The van der Waals surface area contributed by atoms with Crippen LogP contribution in [-0.4, -0.2) is 26.4 Å². The minimum atomic E-state index is -1.37. The predicted octanol–water partition coefficient (Wildman–Crippen LogP) is 3.33. The van der Waals surface area contributed by atoms with Gasteiger partial charge in [0.1, 0.15) is 17.2 Å².